The average Bonchev–Trinajstić information content (AvgIpc) is 2.98. The van der Waals surface area contributed by atoms with E-state index >= 15 is 0 Å². The molecule has 0 atom stereocenters. The maximum absolute atomic E-state index is 11.2. The Kier molecular flexibility index (Phi) is 2.18. The van der Waals surface area contributed by atoms with Crippen molar-refractivity contribution < 1.29 is 14.6 Å². The molecule has 80 valence electrons. The molecule has 3 heteroatoms. The Hall–Kier alpha value is -1.51. The van der Waals surface area contributed by atoms with Crippen molar-refractivity contribution in [2.24, 2.45) is 0 Å². The van der Waals surface area contributed by atoms with E-state index in [2.05, 4.69) is 0 Å². The van der Waals surface area contributed by atoms with E-state index < -0.39 is 11.4 Å². The summed E-state index contributed by atoms with van der Waals surface area (Å²) in [6, 6.07) is 5.67. The van der Waals surface area contributed by atoms with Gasteiger partial charge in [0.25, 0.3) is 0 Å². The van der Waals surface area contributed by atoms with Crippen LogP contribution < -0.4 is 4.74 Å². The zero-order chi connectivity index (χ0) is 11.1. The van der Waals surface area contributed by atoms with Crippen LogP contribution in [-0.2, 0) is 10.2 Å². The van der Waals surface area contributed by atoms with Gasteiger partial charge in [0.15, 0.2) is 0 Å². The number of aliphatic carboxylic acids is 1. The van der Waals surface area contributed by atoms with Gasteiger partial charge in [-0.1, -0.05) is 18.2 Å². The molecule has 0 unspecified atom stereocenters. The summed E-state index contributed by atoms with van der Waals surface area (Å²) in [5.74, 6) is -0.0243. The highest BCUT2D eigenvalue weighted by atomic mass is 16.5. The van der Waals surface area contributed by atoms with Crippen LogP contribution in [0, 0.1) is 6.92 Å². The number of methoxy groups -OCH3 is 1. The van der Waals surface area contributed by atoms with Crippen LogP contribution in [0.1, 0.15) is 24.0 Å². The van der Waals surface area contributed by atoms with Gasteiger partial charge in [-0.3, -0.25) is 4.79 Å². The van der Waals surface area contributed by atoms with Gasteiger partial charge in [0.1, 0.15) is 5.75 Å². The zero-order valence-corrected chi connectivity index (χ0v) is 8.91. The number of carboxylic acid groups (broad SMARTS) is 1. The summed E-state index contributed by atoms with van der Waals surface area (Å²) >= 11 is 0. The van der Waals surface area contributed by atoms with Crippen LogP contribution in [0.5, 0.6) is 5.75 Å². The lowest BCUT2D eigenvalue weighted by atomic mass is 9.93. The summed E-state index contributed by atoms with van der Waals surface area (Å²) in [6.07, 6.45) is 1.42. The normalized spacial score (nSPS) is 17.2. The molecule has 0 heterocycles. The number of rotatable bonds is 3. The maximum atomic E-state index is 11.2. The Balaban J connectivity index is 2.53. The lowest BCUT2D eigenvalue weighted by molar-refractivity contribution is -0.140. The van der Waals surface area contributed by atoms with Gasteiger partial charge in [0, 0.05) is 5.56 Å². The van der Waals surface area contributed by atoms with Crippen molar-refractivity contribution in [3.05, 3.63) is 29.3 Å². The van der Waals surface area contributed by atoms with E-state index in [0.29, 0.717) is 12.8 Å². The van der Waals surface area contributed by atoms with Crippen molar-refractivity contribution in [3.63, 3.8) is 0 Å². The van der Waals surface area contributed by atoms with Crippen molar-refractivity contribution in [3.8, 4) is 5.75 Å². The molecule has 0 spiro atoms. The molecular formula is C12H14O3. The first-order chi connectivity index (χ1) is 7.12. The standard InChI is InChI=1S/C12H14O3/c1-8-4-3-5-9(10(8)15-2)12(6-7-12)11(13)14/h3-5H,6-7H2,1-2H3,(H,13,14). The van der Waals surface area contributed by atoms with Gasteiger partial charge in [0.05, 0.1) is 12.5 Å². The van der Waals surface area contributed by atoms with Crippen molar-refractivity contribution in [1.82, 2.24) is 0 Å². The van der Waals surface area contributed by atoms with E-state index in [-0.39, 0.29) is 0 Å². The number of carboxylic acids is 1. The highest BCUT2D eigenvalue weighted by Gasteiger charge is 2.53. The molecule has 0 radical (unpaired) electrons. The van der Waals surface area contributed by atoms with Gasteiger partial charge < -0.3 is 9.84 Å². The summed E-state index contributed by atoms with van der Waals surface area (Å²) in [5.41, 5.74) is 1.12. The zero-order valence-electron chi connectivity index (χ0n) is 8.91. The Morgan fingerprint density at radius 3 is 2.60 bits per heavy atom. The Morgan fingerprint density at radius 1 is 1.47 bits per heavy atom. The van der Waals surface area contributed by atoms with Gasteiger partial charge in [-0.05, 0) is 25.3 Å². The highest BCUT2D eigenvalue weighted by Crippen LogP contribution is 2.52. The fraction of sp³-hybridized carbons (Fsp3) is 0.417. The number of aryl methyl sites for hydroxylation is 1. The Morgan fingerprint density at radius 2 is 2.13 bits per heavy atom. The molecule has 1 fully saturated rings. The summed E-state index contributed by atoms with van der Waals surface area (Å²) in [7, 11) is 1.59. The summed E-state index contributed by atoms with van der Waals surface area (Å²) < 4.78 is 5.29. The highest BCUT2D eigenvalue weighted by molar-refractivity contribution is 5.86. The first-order valence-corrected chi connectivity index (χ1v) is 4.99. The molecule has 3 nitrogen and oxygen atoms in total. The lowest BCUT2D eigenvalue weighted by Gasteiger charge is -2.16. The summed E-state index contributed by atoms with van der Waals surface area (Å²) in [6.45, 7) is 1.93. The van der Waals surface area contributed by atoms with Crippen LogP contribution in [0.15, 0.2) is 18.2 Å². The quantitative estimate of drug-likeness (QED) is 0.824. The largest absolute Gasteiger partial charge is 0.496 e. The van der Waals surface area contributed by atoms with Gasteiger partial charge in [-0.15, -0.1) is 0 Å². The van der Waals surface area contributed by atoms with Crippen LogP contribution in [0.4, 0.5) is 0 Å². The number of ether oxygens (including phenoxy) is 1. The Labute approximate surface area is 88.7 Å². The minimum absolute atomic E-state index is 0.683. The van der Waals surface area contributed by atoms with Crippen molar-refractivity contribution in [2.75, 3.05) is 7.11 Å². The van der Waals surface area contributed by atoms with Crippen LogP contribution in [0.3, 0.4) is 0 Å². The van der Waals surface area contributed by atoms with E-state index in [0.717, 1.165) is 16.9 Å². The maximum Gasteiger partial charge on any atom is 0.314 e. The molecule has 1 N–H and O–H groups in total. The molecule has 0 aliphatic heterocycles. The SMILES string of the molecule is COc1c(C)cccc1C1(C(=O)O)CC1. The van der Waals surface area contributed by atoms with Crippen LogP contribution in [-0.4, -0.2) is 18.2 Å². The fourth-order valence-electron chi connectivity index (χ4n) is 2.02. The molecule has 2 rings (SSSR count). The summed E-state index contributed by atoms with van der Waals surface area (Å²) in [5, 5.41) is 9.21. The number of hydrogen-bond donors (Lipinski definition) is 1. The average molecular weight is 206 g/mol. The van der Waals surface area contributed by atoms with Crippen LogP contribution in [0.2, 0.25) is 0 Å². The smallest absolute Gasteiger partial charge is 0.314 e. The number of carbonyl (C=O) groups is 1. The van der Waals surface area contributed by atoms with E-state index in [4.69, 9.17) is 4.74 Å². The van der Waals surface area contributed by atoms with Gasteiger partial charge in [-0.25, -0.2) is 0 Å². The predicted molar refractivity (Wildman–Crippen MR) is 56.3 cm³/mol. The van der Waals surface area contributed by atoms with E-state index in [1.807, 2.05) is 25.1 Å². The molecule has 0 saturated heterocycles. The molecule has 15 heavy (non-hydrogen) atoms. The van der Waals surface area contributed by atoms with Gasteiger partial charge in [0.2, 0.25) is 0 Å². The second-order valence-corrected chi connectivity index (χ2v) is 4.04. The third kappa shape index (κ3) is 1.39. The number of para-hydroxylation sites is 1. The second kappa shape index (κ2) is 3.26. The summed E-state index contributed by atoms with van der Waals surface area (Å²) in [4.78, 5) is 11.2. The first kappa shape index (κ1) is 10.0. The topological polar surface area (TPSA) is 46.5 Å². The van der Waals surface area contributed by atoms with E-state index in [1.54, 1.807) is 7.11 Å². The van der Waals surface area contributed by atoms with E-state index in [1.165, 1.54) is 0 Å². The van der Waals surface area contributed by atoms with Crippen molar-refractivity contribution >= 4 is 5.97 Å². The molecule has 0 amide bonds. The van der Waals surface area contributed by atoms with Crippen LogP contribution in [0.25, 0.3) is 0 Å². The van der Waals surface area contributed by atoms with Gasteiger partial charge in [-0.2, -0.15) is 0 Å². The number of benzene rings is 1. The minimum atomic E-state index is -0.744. The Bertz CT molecular complexity index is 405. The lowest BCUT2D eigenvalue weighted by Crippen LogP contribution is -2.20. The predicted octanol–water partition coefficient (Wildman–Crippen LogP) is 2.12. The second-order valence-electron chi connectivity index (χ2n) is 4.04. The molecule has 1 aliphatic carbocycles. The molecule has 1 aliphatic rings. The van der Waals surface area contributed by atoms with Crippen LogP contribution >= 0.6 is 0 Å². The van der Waals surface area contributed by atoms with Gasteiger partial charge >= 0.3 is 5.97 Å². The molecule has 1 aromatic carbocycles. The van der Waals surface area contributed by atoms with Crippen molar-refractivity contribution in [2.45, 2.75) is 25.2 Å². The third-order valence-electron chi connectivity index (χ3n) is 3.09. The number of hydrogen-bond acceptors (Lipinski definition) is 2. The van der Waals surface area contributed by atoms with Crippen molar-refractivity contribution in [1.29, 1.82) is 0 Å². The minimum Gasteiger partial charge on any atom is -0.496 e. The molecule has 1 aromatic rings. The molecule has 0 bridgehead atoms. The third-order valence-corrected chi connectivity index (χ3v) is 3.09. The molecular weight excluding hydrogens is 192 g/mol. The molecule has 0 aromatic heterocycles. The first-order valence-electron chi connectivity index (χ1n) is 4.99. The monoisotopic (exact) mass is 206 g/mol. The van der Waals surface area contributed by atoms with E-state index in [9.17, 15) is 9.90 Å². The molecule has 1 saturated carbocycles. The fourth-order valence-corrected chi connectivity index (χ4v) is 2.02.